The Morgan fingerprint density at radius 1 is 1.43 bits per heavy atom. The third-order valence-corrected chi connectivity index (χ3v) is 3.77. The van der Waals surface area contributed by atoms with Crippen molar-refractivity contribution in [3.8, 4) is 6.07 Å². The van der Waals surface area contributed by atoms with Crippen LogP contribution in [0.1, 0.15) is 18.4 Å². The number of nitrogens with zero attached hydrogens (tertiary/aromatic N) is 5. The number of azide groups is 1. The molecule has 1 atom stereocenters. The molecule has 1 unspecified atom stereocenters. The van der Waals surface area contributed by atoms with Crippen molar-refractivity contribution >= 4 is 0 Å². The van der Waals surface area contributed by atoms with Gasteiger partial charge in [0.25, 0.3) is 0 Å². The predicted octanol–water partition coefficient (Wildman–Crippen LogP) is 2.44. The van der Waals surface area contributed by atoms with E-state index in [1.807, 2.05) is 18.2 Å². The molecule has 0 amide bonds. The summed E-state index contributed by atoms with van der Waals surface area (Å²) in [6.07, 6.45) is 1.59. The first kappa shape index (κ1) is 15.3. The van der Waals surface area contributed by atoms with E-state index < -0.39 is 5.54 Å². The number of likely N-dealkylation sites (tertiary alicyclic amines) is 1. The number of rotatable bonds is 7. The van der Waals surface area contributed by atoms with Crippen LogP contribution >= 0.6 is 0 Å². The van der Waals surface area contributed by atoms with Gasteiger partial charge in [-0.15, -0.1) is 0 Å². The van der Waals surface area contributed by atoms with Gasteiger partial charge in [0.15, 0.2) is 0 Å². The summed E-state index contributed by atoms with van der Waals surface area (Å²) in [6.45, 7) is 3.71. The quantitative estimate of drug-likeness (QED) is 0.361. The molecule has 0 saturated carbocycles. The highest BCUT2D eigenvalue weighted by molar-refractivity contribution is 5.17. The van der Waals surface area contributed by atoms with Crippen LogP contribution in [0.4, 0.5) is 0 Å². The Kier molecular flexibility index (Phi) is 5.59. The maximum absolute atomic E-state index is 9.48. The average molecular weight is 284 g/mol. The number of nitriles is 1. The molecule has 0 aromatic heterocycles. The van der Waals surface area contributed by atoms with E-state index in [1.54, 1.807) is 0 Å². The molecule has 1 aliphatic heterocycles. The van der Waals surface area contributed by atoms with Gasteiger partial charge in [-0.05, 0) is 30.5 Å². The highest BCUT2D eigenvalue weighted by atomic mass is 15.2. The van der Waals surface area contributed by atoms with E-state index in [9.17, 15) is 5.26 Å². The van der Waals surface area contributed by atoms with E-state index in [0.717, 1.165) is 32.5 Å². The minimum absolute atomic E-state index is 0.467. The fraction of sp³-hybridized carbons (Fsp3) is 0.533. The monoisotopic (exact) mass is 284 g/mol. The zero-order valence-corrected chi connectivity index (χ0v) is 12.1. The number of nitrogens with one attached hydrogen (secondary N) is 1. The van der Waals surface area contributed by atoms with E-state index in [-0.39, 0.29) is 0 Å². The SMILES string of the molecule is N#CC1(NCCCN=[N+]=[N-])CCN(Cc2ccccc2)C1. The van der Waals surface area contributed by atoms with Crippen molar-refractivity contribution in [2.24, 2.45) is 5.11 Å². The highest BCUT2D eigenvalue weighted by Gasteiger charge is 2.37. The van der Waals surface area contributed by atoms with E-state index in [0.29, 0.717) is 13.1 Å². The lowest BCUT2D eigenvalue weighted by Crippen LogP contribution is -2.46. The molecule has 0 aliphatic carbocycles. The summed E-state index contributed by atoms with van der Waals surface area (Å²) in [5, 5.41) is 16.3. The third kappa shape index (κ3) is 4.47. The first-order chi connectivity index (χ1) is 10.3. The Balaban J connectivity index is 1.83. The van der Waals surface area contributed by atoms with Crippen molar-refractivity contribution in [2.75, 3.05) is 26.2 Å². The standard InChI is InChI=1S/C15H20N6/c16-12-15(18-8-4-9-19-20-17)7-10-21(13-15)11-14-5-2-1-3-6-14/h1-3,5-6,18H,4,7-11,13H2. The van der Waals surface area contributed by atoms with Gasteiger partial charge in [0.2, 0.25) is 0 Å². The van der Waals surface area contributed by atoms with E-state index in [2.05, 4.69) is 38.4 Å². The van der Waals surface area contributed by atoms with E-state index >= 15 is 0 Å². The first-order valence-corrected chi connectivity index (χ1v) is 7.21. The van der Waals surface area contributed by atoms with Crippen molar-refractivity contribution in [3.05, 3.63) is 46.3 Å². The molecule has 0 bridgehead atoms. The van der Waals surface area contributed by atoms with Crippen LogP contribution in [-0.2, 0) is 6.54 Å². The highest BCUT2D eigenvalue weighted by Crippen LogP contribution is 2.22. The summed E-state index contributed by atoms with van der Waals surface area (Å²) < 4.78 is 0. The molecule has 1 aromatic carbocycles. The summed E-state index contributed by atoms with van der Waals surface area (Å²) in [4.78, 5) is 5.03. The molecule has 0 spiro atoms. The Labute approximate surface area is 125 Å². The lowest BCUT2D eigenvalue weighted by Gasteiger charge is -2.23. The van der Waals surface area contributed by atoms with Crippen molar-refractivity contribution < 1.29 is 0 Å². The van der Waals surface area contributed by atoms with Crippen LogP contribution < -0.4 is 5.32 Å². The van der Waals surface area contributed by atoms with Crippen molar-refractivity contribution in [3.63, 3.8) is 0 Å². The molecule has 1 aromatic rings. The van der Waals surface area contributed by atoms with Crippen molar-refractivity contribution in [2.45, 2.75) is 24.9 Å². The van der Waals surface area contributed by atoms with Gasteiger partial charge in [0.05, 0.1) is 6.07 Å². The van der Waals surface area contributed by atoms with E-state index in [1.165, 1.54) is 5.56 Å². The Hall–Kier alpha value is -2.06. The van der Waals surface area contributed by atoms with Gasteiger partial charge in [-0.2, -0.15) is 5.26 Å². The molecule has 1 heterocycles. The summed E-state index contributed by atoms with van der Waals surface area (Å²) in [7, 11) is 0. The van der Waals surface area contributed by atoms with Gasteiger partial charge in [-0.3, -0.25) is 10.2 Å². The molecule has 2 rings (SSSR count). The molecule has 110 valence electrons. The van der Waals surface area contributed by atoms with Crippen LogP contribution in [0.5, 0.6) is 0 Å². The molecule has 0 radical (unpaired) electrons. The maximum atomic E-state index is 9.48. The predicted molar refractivity (Wildman–Crippen MR) is 81.3 cm³/mol. The zero-order valence-electron chi connectivity index (χ0n) is 12.1. The molecule has 1 fully saturated rings. The molecule has 6 nitrogen and oxygen atoms in total. The maximum Gasteiger partial charge on any atom is 0.120 e. The van der Waals surface area contributed by atoms with E-state index in [4.69, 9.17) is 5.53 Å². The molecule has 6 heteroatoms. The molecule has 1 saturated heterocycles. The lowest BCUT2D eigenvalue weighted by molar-refractivity contribution is 0.303. The van der Waals surface area contributed by atoms with Crippen LogP contribution in [0.2, 0.25) is 0 Å². The Morgan fingerprint density at radius 3 is 2.95 bits per heavy atom. The van der Waals surface area contributed by atoms with Gasteiger partial charge in [0.1, 0.15) is 5.54 Å². The number of hydrogen-bond acceptors (Lipinski definition) is 4. The molecular weight excluding hydrogens is 264 g/mol. The molecule has 21 heavy (non-hydrogen) atoms. The second-order valence-electron chi connectivity index (χ2n) is 5.37. The summed E-state index contributed by atoms with van der Waals surface area (Å²) in [5.74, 6) is 0. The largest absolute Gasteiger partial charge is 0.298 e. The minimum atomic E-state index is -0.467. The normalized spacial score (nSPS) is 21.7. The topological polar surface area (TPSA) is 87.8 Å². The van der Waals surface area contributed by atoms with Crippen LogP contribution in [0.15, 0.2) is 35.4 Å². The van der Waals surface area contributed by atoms with Crippen LogP contribution in [-0.4, -0.2) is 36.6 Å². The molecular formula is C15H20N6. The number of hydrogen-bond donors (Lipinski definition) is 1. The molecule has 1 N–H and O–H groups in total. The van der Waals surface area contributed by atoms with Gasteiger partial charge in [0, 0.05) is 31.1 Å². The van der Waals surface area contributed by atoms with Gasteiger partial charge in [-0.1, -0.05) is 35.4 Å². The van der Waals surface area contributed by atoms with Gasteiger partial charge in [-0.25, -0.2) is 0 Å². The van der Waals surface area contributed by atoms with Crippen LogP contribution in [0.3, 0.4) is 0 Å². The second kappa shape index (κ2) is 7.65. The van der Waals surface area contributed by atoms with Gasteiger partial charge >= 0.3 is 0 Å². The fourth-order valence-electron chi connectivity index (χ4n) is 2.66. The summed E-state index contributed by atoms with van der Waals surface area (Å²) >= 11 is 0. The fourth-order valence-corrected chi connectivity index (χ4v) is 2.66. The first-order valence-electron chi connectivity index (χ1n) is 7.21. The zero-order chi connectivity index (χ0) is 15.0. The third-order valence-electron chi connectivity index (χ3n) is 3.77. The van der Waals surface area contributed by atoms with Crippen LogP contribution in [0, 0.1) is 11.3 Å². The minimum Gasteiger partial charge on any atom is -0.298 e. The van der Waals surface area contributed by atoms with Crippen molar-refractivity contribution in [1.29, 1.82) is 5.26 Å². The molecule has 1 aliphatic rings. The van der Waals surface area contributed by atoms with Crippen LogP contribution in [0.25, 0.3) is 10.4 Å². The number of benzene rings is 1. The summed E-state index contributed by atoms with van der Waals surface area (Å²) in [6, 6.07) is 12.7. The Morgan fingerprint density at radius 2 is 2.24 bits per heavy atom. The second-order valence-corrected chi connectivity index (χ2v) is 5.37. The summed E-state index contributed by atoms with van der Waals surface area (Å²) in [5.41, 5.74) is 9.03. The van der Waals surface area contributed by atoms with Crippen molar-refractivity contribution in [1.82, 2.24) is 10.2 Å². The lowest BCUT2D eigenvalue weighted by atomic mass is 10.0. The Bertz CT molecular complexity index is 531. The van der Waals surface area contributed by atoms with Gasteiger partial charge < -0.3 is 0 Å². The average Bonchev–Trinajstić information content (AvgIpc) is 2.92. The smallest absolute Gasteiger partial charge is 0.120 e.